The zero-order valence-electron chi connectivity index (χ0n) is 15.0. The maximum absolute atomic E-state index is 14.1. The van der Waals surface area contributed by atoms with Crippen LogP contribution in [0.15, 0.2) is 30.5 Å². The molecule has 8 heteroatoms. The van der Waals surface area contributed by atoms with Crippen molar-refractivity contribution in [2.75, 3.05) is 25.0 Å². The van der Waals surface area contributed by atoms with Gasteiger partial charge in [-0.2, -0.15) is 5.26 Å². The van der Waals surface area contributed by atoms with E-state index >= 15 is 0 Å². The first kappa shape index (κ1) is 17.5. The van der Waals surface area contributed by atoms with Crippen LogP contribution in [0.1, 0.15) is 25.3 Å². The van der Waals surface area contributed by atoms with Gasteiger partial charge >= 0.3 is 6.03 Å². The van der Waals surface area contributed by atoms with Crippen LogP contribution < -0.4 is 5.32 Å². The SMILES string of the molecule is CC1(C2CC2)CN(C(=O)Nc2ccn(-c3ccc(C#N)cc3F)n2)CCO1. The number of hydrogen-bond acceptors (Lipinski definition) is 4. The van der Waals surface area contributed by atoms with Crippen LogP contribution in [-0.4, -0.2) is 46.0 Å². The molecular formula is C19H20FN5O2. The summed E-state index contributed by atoms with van der Waals surface area (Å²) in [6.45, 7) is 3.66. The summed E-state index contributed by atoms with van der Waals surface area (Å²) >= 11 is 0. The summed E-state index contributed by atoms with van der Waals surface area (Å²) in [4.78, 5) is 14.3. The molecule has 1 aliphatic heterocycles. The molecule has 1 saturated heterocycles. The minimum atomic E-state index is -0.552. The second-order valence-corrected chi connectivity index (χ2v) is 7.21. The molecule has 1 unspecified atom stereocenters. The molecule has 140 valence electrons. The Morgan fingerprint density at radius 1 is 1.44 bits per heavy atom. The molecule has 0 radical (unpaired) electrons. The lowest BCUT2D eigenvalue weighted by molar-refractivity contribution is -0.0977. The van der Waals surface area contributed by atoms with Crippen molar-refractivity contribution in [1.29, 1.82) is 5.26 Å². The molecule has 1 aliphatic carbocycles. The van der Waals surface area contributed by atoms with Crippen molar-refractivity contribution in [2.45, 2.75) is 25.4 Å². The summed E-state index contributed by atoms with van der Waals surface area (Å²) in [5.74, 6) is 0.304. The molecule has 1 N–H and O–H groups in total. The van der Waals surface area contributed by atoms with Crippen LogP contribution in [0.2, 0.25) is 0 Å². The maximum Gasteiger partial charge on any atom is 0.323 e. The van der Waals surface area contributed by atoms with Gasteiger partial charge in [0.05, 0.1) is 30.4 Å². The molecule has 1 atom stereocenters. The van der Waals surface area contributed by atoms with Gasteiger partial charge in [0, 0.05) is 18.8 Å². The Morgan fingerprint density at radius 3 is 2.96 bits per heavy atom. The molecule has 1 aromatic heterocycles. The summed E-state index contributed by atoms with van der Waals surface area (Å²) in [7, 11) is 0. The fourth-order valence-electron chi connectivity index (χ4n) is 3.48. The van der Waals surface area contributed by atoms with E-state index in [1.807, 2.05) is 6.07 Å². The molecule has 27 heavy (non-hydrogen) atoms. The number of amides is 2. The zero-order chi connectivity index (χ0) is 19.0. The smallest absolute Gasteiger partial charge is 0.323 e. The van der Waals surface area contributed by atoms with Gasteiger partial charge in [0.1, 0.15) is 11.5 Å². The summed E-state index contributed by atoms with van der Waals surface area (Å²) in [6.07, 6.45) is 3.85. The number of carbonyl (C=O) groups excluding carboxylic acids is 1. The van der Waals surface area contributed by atoms with Crippen LogP contribution in [0.4, 0.5) is 15.0 Å². The van der Waals surface area contributed by atoms with Crippen molar-refractivity contribution < 1.29 is 13.9 Å². The van der Waals surface area contributed by atoms with Crippen LogP contribution in [0.5, 0.6) is 0 Å². The van der Waals surface area contributed by atoms with Crippen LogP contribution in [0, 0.1) is 23.1 Å². The topological polar surface area (TPSA) is 83.2 Å². The Hall–Kier alpha value is -2.92. The fraction of sp³-hybridized carbons (Fsp3) is 0.421. The van der Waals surface area contributed by atoms with Gasteiger partial charge in [-0.3, -0.25) is 5.32 Å². The number of anilines is 1. The van der Waals surface area contributed by atoms with Gasteiger partial charge in [-0.15, -0.1) is 5.10 Å². The first-order valence-corrected chi connectivity index (χ1v) is 8.94. The van der Waals surface area contributed by atoms with Gasteiger partial charge in [0.15, 0.2) is 5.82 Å². The molecule has 2 heterocycles. The van der Waals surface area contributed by atoms with E-state index in [0.29, 0.717) is 31.4 Å². The quantitative estimate of drug-likeness (QED) is 0.902. The zero-order valence-corrected chi connectivity index (χ0v) is 15.0. The van der Waals surface area contributed by atoms with Crippen LogP contribution in [0.25, 0.3) is 5.69 Å². The second-order valence-electron chi connectivity index (χ2n) is 7.21. The number of benzene rings is 1. The standard InChI is InChI=1S/C19H20FN5O2/c1-19(14-3-4-14)12-24(8-9-27-19)18(26)22-17-6-7-25(23-17)16-5-2-13(11-21)10-15(16)20/h2,5-7,10,14H,3-4,8-9,12H2,1H3,(H,22,23,26). The maximum atomic E-state index is 14.1. The Balaban J connectivity index is 1.45. The number of ether oxygens (including phenoxy) is 1. The molecule has 0 spiro atoms. The number of aromatic nitrogens is 2. The number of morpholine rings is 1. The summed E-state index contributed by atoms with van der Waals surface area (Å²) in [5, 5.41) is 15.8. The molecule has 0 bridgehead atoms. The van der Waals surface area contributed by atoms with Crippen molar-refractivity contribution in [3.8, 4) is 11.8 Å². The summed E-state index contributed by atoms with van der Waals surface area (Å²) in [5.41, 5.74) is 0.172. The predicted octanol–water partition coefficient (Wildman–Crippen LogP) is 2.92. The molecule has 1 aromatic carbocycles. The van der Waals surface area contributed by atoms with Crippen molar-refractivity contribution in [1.82, 2.24) is 14.7 Å². The van der Waals surface area contributed by atoms with Crippen molar-refractivity contribution in [3.63, 3.8) is 0 Å². The normalized spacial score (nSPS) is 22.3. The van der Waals surface area contributed by atoms with Crippen LogP contribution in [0.3, 0.4) is 0 Å². The summed E-state index contributed by atoms with van der Waals surface area (Å²) < 4.78 is 21.4. The number of nitriles is 1. The Kier molecular flexibility index (Phi) is 4.32. The number of carbonyl (C=O) groups is 1. The monoisotopic (exact) mass is 369 g/mol. The lowest BCUT2D eigenvalue weighted by atomic mass is 9.98. The van der Waals surface area contributed by atoms with E-state index in [1.54, 1.807) is 17.2 Å². The third-order valence-corrected chi connectivity index (χ3v) is 5.17. The molecule has 4 rings (SSSR count). The Bertz CT molecular complexity index is 917. The average molecular weight is 369 g/mol. The van der Waals surface area contributed by atoms with Crippen molar-refractivity contribution in [2.24, 2.45) is 5.92 Å². The first-order chi connectivity index (χ1) is 13.0. The molecular weight excluding hydrogens is 349 g/mol. The van der Waals surface area contributed by atoms with Gasteiger partial charge in [0.2, 0.25) is 0 Å². The van der Waals surface area contributed by atoms with Crippen LogP contribution in [-0.2, 0) is 4.74 Å². The molecule has 2 aromatic rings. The first-order valence-electron chi connectivity index (χ1n) is 8.94. The van der Waals surface area contributed by atoms with Crippen molar-refractivity contribution >= 4 is 11.8 Å². The number of hydrogen-bond donors (Lipinski definition) is 1. The third kappa shape index (κ3) is 3.51. The number of halogens is 1. The van der Waals surface area contributed by atoms with E-state index in [2.05, 4.69) is 17.3 Å². The number of urea groups is 1. The predicted molar refractivity (Wildman–Crippen MR) is 95.9 cm³/mol. The summed E-state index contributed by atoms with van der Waals surface area (Å²) in [6, 6.07) is 7.41. The van der Waals surface area contributed by atoms with E-state index in [1.165, 1.54) is 16.8 Å². The van der Waals surface area contributed by atoms with Gasteiger partial charge in [-0.05, 0) is 43.9 Å². The Morgan fingerprint density at radius 2 is 2.26 bits per heavy atom. The molecule has 2 amide bonds. The van der Waals surface area contributed by atoms with Gasteiger partial charge < -0.3 is 9.64 Å². The third-order valence-electron chi connectivity index (χ3n) is 5.17. The minimum absolute atomic E-state index is 0.210. The largest absolute Gasteiger partial charge is 0.371 e. The van der Waals surface area contributed by atoms with Gasteiger partial charge in [0.25, 0.3) is 0 Å². The van der Waals surface area contributed by atoms with E-state index in [9.17, 15) is 9.18 Å². The highest BCUT2D eigenvalue weighted by Crippen LogP contribution is 2.43. The highest BCUT2D eigenvalue weighted by atomic mass is 19.1. The van der Waals surface area contributed by atoms with E-state index in [0.717, 1.165) is 18.9 Å². The van der Waals surface area contributed by atoms with Gasteiger partial charge in [-0.25, -0.2) is 13.9 Å². The average Bonchev–Trinajstić information content (AvgIpc) is 3.43. The lowest BCUT2D eigenvalue weighted by Gasteiger charge is -2.40. The second kappa shape index (κ2) is 6.67. The lowest BCUT2D eigenvalue weighted by Crippen LogP contribution is -2.54. The highest BCUT2D eigenvalue weighted by molar-refractivity contribution is 5.88. The molecule has 2 aliphatic rings. The van der Waals surface area contributed by atoms with Crippen LogP contribution >= 0.6 is 0 Å². The minimum Gasteiger partial charge on any atom is -0.371 e. The molecule has 1 saturated carbocycles. The molecule has 2 fully saturated rings. The van der Waals surface area contributed by atoms with E-state index in [4.69, 9.17) is 10.00 Å². The highest BCUT2D eigenvalue weighted by Gasteiger charge is 2.46. The molecule has 7 nitrogen and oxygen atoms in total. The Labute approximate surface area is 156 Å². The number of nitrogens with one attached hydrogen (secondary N) is 1. The van der Waals surface area contributed by atoms with Crippen molar-refractivity contribution in [3.05, 3.63) is 41.8 Å². The van der Waals surface area contributed by atoms with E-state index in [-0.39, 0.29) is 22.9 Å². The number of nitrogens with zero attached hydrogens (tertiary/aromatic N) is 4. The number of rotatable bonds is 3. The van der Waals surface area contributed by atoms with Gasteiger partial charge in [-0.1, -0.05) is 0 Å². The fourth-order valence-corrected chi connectivity index (χ4v) is 3.48. The van der Waals surface area contributed by atoms with E-state index < -0.39 is 5.82 Å².